The van der Waals surface area contributed by atoms with Gasteiger partial charge in [0, 0.05) is 24.0 Å². The van der Waals surface area contributed by atoms with Crippen LogP contribution in [0, 0.1) is 0 Å². The second-order valence-corrected chi connectivity index (χ2v) is 2.81. The third kappa shape index (κ3) is 1.71. The van der Waals surface area contributed by atoms with Crippen molar-refractivity contribution in [2.24, 2.45) is 0 Å². The first-order chi connectivity index (χ1) is 6.90. The smallest absolute Gasteiger partial charge is 0.213 e. The molecule has 0 aromatic carbocycles. The number of nitrogens with zero attached hydrogens (tertiary/aromatic N) is 2. The first-order valence-corrected chi connectivity index (χ1v) is 4.31. The van der Waals surface area contributed by atoms with Crippen LogP contribution in [0.3, 0.4) is 0 Å². The molecule has 0 fully saturated rings. The molecule has 0 saturated heterocycles. The van der Waals surface area contributed by atoms with Gasteiger partial charge in [0.1, 0.15) is 0 Å². The van der Waals surface area contributed by atoms with Crippen molar-refractivity contribution in [1.82, 2.24) is 9.97 Å². The summed E-state index contributed by atoms with van der Waals surface area (Å²) in [6.07, 6.45) is 3.52. The van der Waals surface area contributed by atoms with Crippen LogP contribution < -0.4 is 4.74 Å². The Hall–Kier alpha value is -1.90. The molecule has 2 aromatic rings. The highest BCUT2D eigenvalue weighted by atomic mass is 16.5. The van der Waals surface area contributed by atoms with Crippen molar-refractivity contribution in [1.29, 1.82) is 0 Å². The monoisotopic (exact) mass is 186 g/mol. The van der Waals surface area contributed by atoms with E-state index in [2.05, 4.69) is 9.97 Å². The maximum absolute atomic E-state index is 5.04. The van der Waals surface area contributed by atoms with E-state index in [4.69, 9.17) is 4.74 Å². The van der Waals surface area contributed by atoms with E-state index in [0.717, 1.165) is 11.3 Å². The molecule has 0 bridgehead atoms. The molecule has 0 aliphatic rings. The molecule has 0 N–H and O–H groups in total. The summed E-state index contributed by atoms with van der Waals surface area (Å²) in [5.41, 5.74) is 1.86. The van der Waals surface area contributed by atoms with E-state index in [1.165, 1.54) is 0 Å². The highest BCUT2D eigenvalue weighted by Gasteiger charge is 1.99. The lowest BCUT2D eigenvalue weighted by molar-refractivity contribution is 0.398. The van der Waals surface area contributed by atoms with Gasteiger partial charge in [0.15, 0.2) is 0 Å². The van der Waals surface area contributed by atoms with Crippen LogP contribution in [0.15, 0.2) is 42.7 Å². The van der Waals surface area contributed by atoms with Crippen LogP contribution in [0.1, 0.15) is 0 Å². The summed E-state index contributed by atoms with van der Waals surface area (Å²) >= 11 is 0. The number of ether oxygens (including phenoxy) is 1. The van der Waals surface area contributed by atoms with E-state index in [-0.39, 0.29) is 0 Å². The van der Waals surface area contributed by atoms with Crippen LogP contribution in [-0.4, -0.2) is 17.1 Å². The summed E-state index contributed by atoms with van der Waals surface area (Å²) in [6.45, 7) is 0. The number of methoxy groups -OCH3 is 1. The minimum absolute atomic E-state index is 0.617. The molecule has 0 amide bonds. The molecular weight excluding hydrogens is 176 g/mol. The minimum atomic E-state index is 0.617. The maximum Gasteiger partial charge on any atom is 0.213 e. The molecule has 0 atom stereocenters. The SMILES string of the molecule is COc1cccc(-c2cccnc2)n1. The van der Waals surface area contributed by atoms with Gasteiger partial charge < -0.3 is 4.74 Å². The van der Waals surface area contributed by atoms with Crippen LogP contribution in [0.5, 0.6) is 5.88 Å². The zero-order valence-corrected chi connectivity index (χ0v) is 7.84. The van der Waals surface area contributed by atoms with Gasteiger partial charge in [-0.25, -0.2) is 4.98 Å². The van der Waals surface area contributed by atoms with E-state index < -0.39 is 0 Å². The van der Waals surface area contributed by atoms with Gasteiger partial charge in [0.05, 0.1) is 12.8 Å². The fourth-order valence-corrected chi connectivity index (χ4v) is 1.20. The molecule has 3 nitrogen and oxygen atoms in total. The van der Waals surface area contributed by atoms with Crippen LogP contribution in [0.25, 0.3) is 11.3 Å². The van der Waals surface area contributed by atoms with Crippen molar-refractivity contribution in [2.75, 3.05) is 7.11 Å². The van der Waals surface area contributed by atoms with Crippen molar-refractivity contribution in [3.05, 3.63) is 42.7 Å². The predicted molar refractivity (Wildman–Crippen MR) is 54.0 cm³/mol. The fourth-order valence-electron chi connectivity index (χ4n) is 1.20. The number of rotatable bonds is 2. The van der Waals surface area contributed by atoms with Gasteiger partial charge in [-0.15, -0.1) is 0 Å². The second kappa shape index (κ2) is 3.87. The Morgan fingerprint density at radius 2 is 2.07 bits per heavy atom. The molecule has 0 spiro atoms. The highest BCUT2D eigenvalue weighted by molar-refractivity contribution is 5.57. The molecule has 70 valence electrons. The third-order valence-corrected chi connectivity index (χ3v) is 1.89. The lowest BCUT2D eigenvalue weighted by Gasteiger charge is -2.02. The largest absolute Gasteiger partial charge is 0.481 e. The van der Waals surface area contributed by atoms with Crippen LogP contribution in [0.4, 0.5) is 0 Å². The standard InChI is InChI=1S/C11H10N2O/c1-14-11-6-2-5-10(13-11)9-4-3-7-12-8-9/h2-8H,1H3. The molecule has 2 heterocycles. The van der Waals surface area contributed by atoms with Gasteiger partial charge in [0.25, 0.3) is 0 Å². The molecule has 0 saturated carbocycles. The van der Waals surface area contributed by atoms with E-state index >= 15 is 0 Å². The Bertz CT molecular complexity index is 415. The van der Waals surface area contributed by atoms with Crippen LogP contribution in [-0.2, 0) is 0 Å². The van der Waals surface area contributed by atoms with Crippen molar-refractivity contribution in [2.45, 2.75) is 0 Å². The second-order valence-electron chi connectivity index (χ2n) is 2.81. The van der Waals surface area contributed by atoms with Gasteiger partial charge >= 0.3 is 0 Å². The molecule has 14 heavy (non-hydrogen) atoms. The number of aromatic nitrogens is 2. The summed E-state index contributed by atoms with van der Waals surface area (Å²) in [7, 11) is 1.61. The van der Waals surface area contributed by atoms with Gasteiger partial charge in [-0.2, -0.15) is 0 Å². The third-order valence-electron chi connectivity index (χ3n) is 1.89. The van der Waals surface area contributed by atoms with Crippen molar-refractivity contribution < 1.29 is 4.74 Å². The summed E-state index contributed by atoms with van der Waals surface area (Å²) in [4.78, 5) is 8.33. The molecule has 0 aliphatic heterocycles. The Labute approximate surface area is 82.4 Å². The van der Waals surface area contributed by atoms with Crippen LogP contribution in [0.2, 0.25) is 0 Å². The average molecular weight is 186 g/mol. The first kappa shape index (κ1) is 8.69. The quantitative estimate of drug-likeness (QED) is 0.720. The highest BCUT2D eigenvalue weighted by Crippen LogP contribution is 2.17. The van der Waals surface area contributed by atoms with Crippen molar-refractivity contribution in [3.8, 4) is 17.1 Å². The average Bonchev–Trinajstić information content (AvgIpc) is 2.30. The van der Waals surface area contributed by atoms with Gasteiger partial charge in [-0.1, -0.05) is 6.07 Å². The number of hydrogen-bond donors (Lipinski definition) is 0. The Morgan fingerprint density at radius 3 is 2.79 bits per heavy atom. The van der Waals surface area contributed by atoms with E-state index in [9.17, 15) is 0 Å². The predicted octanol–water partition coefficient (Wildman–Crippen LogP) is 2.15. The Balaban J connectivity index is 2.42. The lowest BCUT2D eigenvalue weighted by Crippen LogP contribution is -1.89. The summed E-state index contributed by atoms with van der Waals surface area (Å²) in [6, 6.07) is 9.51. The first-order valence-electron chi connectivity index (χ1n) is 4.31. The maximum atomic E-state index is 5.04. The molecule has 0 unspecified atom stereocenters. The van der Waals surface area contributed by atoms with Gasteiger partial charge in [-0.3, -0.25) is 4.98 Å². The molecule has 2 aromatic heterocycles. The summed E-state index contributed by atoms with van der Waals surface area (Å²) < 4.78 is 5.04. The minimum Gasteiger partial charge on any atom is -0.481 e. The van der Waals surface area contributed by atoms with Gasteiger partial charge in [-0.05, 0) is 18.2 Å². The van der Waals surface area contributed by atoms with E-state index in [1.807, 2.05) is 30.3 Å². The van der Waals surface area contributed by atoms with Crippen LogP contribution >= 0.6 is 0 Å². The Morgan fingerprint density at radius 1 is 1.14 bits per heavy atom. The molecule has 0 aliphatic carbocycles. The normalized spacial score (nSPS) is 9.79. The lowest BCUT2D eigenvalue weighted by atomic mass is 10.2. The van der Waals surface area contributed by atoms with Crippen molar-refractivity contribution in [3.63, 3.8) is 0 Å². The topological polar surface area (TPSA) is 35.0 Å². The molecular formula is C11H10N2O. The Kier molecular flexibility index (Phi) is 2.40. The van der Waals surface area contributed by atoms with Crippen molar-refractivity contribution >= 4 is 0 Å². The van der Waals surface area contributed by atoms with E-state index in [0.29, 0.717) is 5.88 Å². The molecule has 2 rings (SSSR count). The van der Waals surface area contributed by atoms with Gasteiger partial charge in [0.2, 0.25) is 5.88 Å². The molecule has 0 radical (unpaired) electrons. The van der Waals surface area contributed by atoms with E-state index in [1.54, 1.807) is 19.5 Å². The summed E-state index contributed by atoms with van der Waals surface area (Å²) in [5.74, 6) is 0.617. The summed E-state index contributed by atoms with van der Waals surface area (Å²) in [5, 5.41) is 0. The molecule has 3 heteroatoms. The fraction of sp³-hybridized carbons (Fsp3) is 0.0909. The zero-order valence-electron chi connectivity index (χ0n) is 7.84. The zero-order chi connectivity index (χ0) is 9.80. The number of hydrogen-bond acceptors (Lipinski definition) is 3. The number of pyridine rings is 2.